The maximum Gasteiger partial charge on any atom is 0.219 e. The van der Waals surface area contributed by atoms with Gasteiger partial charge in [0.1, 0.15) is 4.75 Å². The molecular weight excluding hydrogens is 234 g/mol. The lowest BCUT2D eigenvalue weighted by atomic mass is 9.83. The molecule has 0 amide bonds. The largest absolute Gasteiger partial charge is 0.228 e. The highest BCUT2D eigenvalue weighted by molar-refractivity contribution is 7.90. The Labute approximate surface area is 102 Å². The molecule has 2 atom stereocenters. The monoisotopic (exact) mass is 249 g/mol. The van der Waals surface area contributed by atoms with Crippen LogP contribution in [0.25, 0.3) is 0 Å². The second-order valence-corrected chi connectivity index (χ2v) is 6.33. The second-order valence-electron chi connectivity index (χ2n) is 4.36. The van der Waals surface area contributed by atoms with Gasteiger partial charge in [-0.05, 0) is 12.5 Å². The molecule has 1 aromatic rings. The van der Waals surface area contributed by atoms with Gasteiger partial charge in [0.25, 0.3) is 0 Å². The molecule has 1 aromatic carbocycles. The fraction of sp³-hybridized carbons (Fsp3) is 0.231. The zero-order valence-electron chi connectivity index (χ0n) is 9.58. The average Bonchev–Trinajstić information content (AvgIpc) is 2.29. The minimum absolute atomic E-state index is 0.247. The van der Waals surface area contributed by atoms with Crippen molar-refractivity contribution in [1.29, 1.82) is 0 Å². The Morgan fingerprint density at radius 2 is 1.82 bits per heavy atom. The minimum atomic E-state index is -3.66. The molecule has 0 spiro atoms. The number of nitrogens with two attached hydrogens (primary N) is 1. The third-order valence-corrected chi connectivity index (χ3v) is 4.85. The highest BCUT2D eigenvalue weighted by atomic mass is 32.2. The first-order valence-corrected chi connectivity index (χ1v) is 6.93. The first-order valence-electron chi connectivity index (χ1n) is 5.38. The van der Waals surface area contributed by atoms with Crippen LogP contribution in [0.1, 0.15) is 18.4 Å². The maximum atomic E-state index is 11.8. The van der Waals surface area contributed by atoms with Crippen LogP contribution in [0.5, 0.6) is 0 Å². The van der Waals surface area contributed by atoms with Crippen LogP contribution < -0.4 is 5.14 Å². The first-order chi connectivity index (χ1) is 7.95. The Morgan fingerprint density at radius 1 is 1.18 bits per heavy atom. The van der Waals surface area contributed by atoms with Crippen molar-refractivity contribution in [2.24, 2.45) is 5.14 Å². The lowest BCUT2D eigenvalue weighted by Crippen LogP contribution is -2.44. The van der Waals surface area contributed by atoms with E-state index in [1.54, 1.807) is 19.1 Å². The second kappa shape index (κ2) is 4.13. The van der Waals surface area contributed by atoms with E-state index in [1.165, 1.54) is 0 Å². The lowest BCUT2D eigenvalue weighted by molar-refractivity contribution is 0.546. The van der Waals surface area contributed by atoms with Crippen molar-refractivity contribution in [3.05, 3.63) is 60.2 Å². The Hall–Kier alpha value is -1.39. The smallest absolute Gasteiger partial charge is 0.219 e. The molecule has 0 saturated heterocycles. The summed E-state index contributed by atoms with van der Waals surface area (Å²) in [4.78, 5) is 0. The predicted molar refractivity (Wildman–Crippen MR) is 69.0 cm³/mol. The lowest BCUT2D eigenvalue weighted by Gasteiger charge is -2.33. The molecule has 2 N–H and O–H groups in total. The van der Waals surface area contributed by atoms with E-state index in [4.69, 9.17) is 5.14 Å². The fourth-order valence-electron chi connectivity index (χ4n) is 2.09. The summed E-state index contributed by atoms with van der Waals surface area (Å²) < 4.78 is 22.5. The van der Waals surface area contributed by atoms with Crippen LogP contribution in [0.15, 0.2) is 54.6 Å². The van der Waals surface area contributed by atoms with Gasteiger partial charge in [-0.15, -0.1) is 0 Å². The van der Waals surface area contributed by atoms with Crippen LogP contribution in [0.4, 0.5) is 0 Å². The van der Waals surface area contributed by atoms with Crippen molar-refractivity contribution in [1.82, 2.24) is 0 Å². The molecule has 0 bridgehead atoms. The fourth-order valence-corrected chi connectivity index (χ4v) is 2.93. The van der Waals surface area contributed by atoms with E-state index in [1.807, 2.05) is 42.5 Å². The van der Waals surface area contributed by atoms with E-state index >= 15 is 0 Å². The quantitative estimate of drug-likeness (QED) is 0.870. The van der Waals surface area contributed by atoms with Crippen LogP contribution in [0.3, 0.4) is 0 Å². The van der Waals surface area contributed by atoms with Crippen LogP contribution in [-0.2, 0) is 10.0 Å². The molecule has 17 heavy (non-hydrogen) atoms. The summed E-state index contributed by atoms with van der Waals surface area (Å²) in [6.07, 6.45) is 7.11. The summed E-state index contributed by atoms with van der Waals surface area (Å²) in [7, 11) is -3.66. The topological polar surface area (TPSA) is 60.2 Å². The summed E-state index contributed by atoms with van der Waals surface area (Å²) in [5.41, 5.74) is 0.949. The Morgan fingerprint density at radius 3 is 2.41 bits per heavy atom. The molecule has 0 heterocycles. The number of primary sulfonamides is 1. The zero-order valence-corrected chi connectivity index (χ0v) is 10.4. The summed E-state index contributed by atoms with van der Waals surface area (Å²) in [6.45, 7) is 1.65. The summed E-state index contributed by atoms with van der Waals surface area (Å²) in [5.74, 6) is -0.247. The minimum Gasteiger partial charge on any atom is -0.228 e. The normalized spacial score (nSPS) is 28.2. The van der Waals surface area contributed by atoms with Crippen molar-refractivity contribution in [2.75, 3.05) is 0 Å². The number of hydrogen-bond acceptors (Lipinski definition) is 2. The zero-order chi connectivity index (χ0) is 12.5. The standard InChI is InChI=1S/C13H15NO2S/c1-13(17(14,15)16)10-6-5-9-12(13)11-7-3-2-4-8-11/h2-10,12H,1H3,(H2,14,15,16). The first kappa shape index (κ1) is 12.1. The molecule has 2 rings (SSSR count). The van der Waals surface area contributed by atoms with Crippen LogP contribution in [0, 0.1) is 0 Å². The van der Waals surface area contributed by atoms with Crippen LogP contribution in [0.2, 0.25) is 0 Å². The number of allylic oxidation sites excluding steroid dienone is 3. The third kappa shape index (κ3) is 2.06. The summed E-state index contributed by atoms with van der Waals surface area (Å²) >= 11 is 0. The van der Waals surface area contributed by atoms with Crippen molar-refractivity contribution in [2.45, 2.75) is 17.6 Å². The van der Waals surface area contributed by atoms with Gasteiger partial charge < -0.3 is 0 Å². The van der Waals surface area contributed by atoms with E-state index in [-0.39, 0.29) is 5.92 Å². The summed E-state index contributed by atoms with van der Waals surface area (Å²) in [6, 6.07) is 9.52. The highest BCUT2D eigenvalue weighted by Crippen LogP contribution is 2.38. The number of benzene rings is 1. The number of rotatable bonds is 2. The van der Waals surface area contributed by atoms with Gasteiger partial charge in [-0.3, -0.25) is 0 Å². The Kier molecular flexibility index (Phi) is 2.93. The number of hydrogen-bond donors (Lipinski definition) is 1. The molecule has 0 aliphatic heterocycles. The van der Waals surface area contributed by atoms with Gasteiger partial charge in [-0.25, -0.2) is 13.6 Å². The van der Waals surface area contributed by atoms with Gasteiger partial charge in [-0.1, -0.05) is 54.6 Å². The molecule has 4 heteroatoms. The van der Waals surface area contributed by atoms with Gasteiger partial charge in [0.15, 0.2) is 0 Å². The van der Waals surface area contributed by atoms with Gasteiger partial charge in [-0.2, -0.15) is 0 Å². The van der Waals surface area contributed by atoms with Crippen molar-refractivity contribution >= 4 is 10.0 Å². The molecule has 0 radical (unpaired) electrons. The van der Waals surface area contributed by atoms with Gasteiger partial charge in [0.05, 0.1) is 0 Å². The van der Waals surface area contributed by atoms with E-state index in [0.717, 1.165) is 5.56 Å². The van der Waals surface area contributed by atoms with Gasteiger partial charge in [0, 0.05) is 5.92 Å². The van der Waals surface area contributed by atoms with E-state index in [0.29, 0.717) is 0 Å². The molecule has 1 aliphatic rings. The molecule has 0 fully saturated rings. The maximum absolute atomic E-state index is 11.8. The van der Waals surface area contributed by atoms with Gasteiger partial charge >= 0.3 is 0 Å². The van der Waals surface area contributed by atoms with Gasteiger partial charge in [0.2, 0.25) is 10.0 Å². The molecule has 90 valence electrons. The highest BCUT2D eigenvalue weighted by Gasteiger charge is 2.42. The van der Waals surface area contributed by atoms with Crippen molar-refractivity contribution in [3.8, 4) is 0 Å². The van der Waals surface area contributed by atoms with E-state index in [2.05, 4.69) is 0 Å². The molecular formula is C13H15NO2S. The Balaban J connectivity index is 2.53. The average molecular weight is 249 g/mol. The third-order valence-electron chi connectivity index (χ3n) is 3.23. The molecule has 2 unspecified atom stereocenters. The molecule has 0 aromatic heterocycles. The van der Waals surface area contributed by atoms with Crippen LogP contribution >= 0.6 is 0 Å². The SMILES string of the molecule is CC1(S(N)(=O)=O)C=CC=CC1c1ccccc1. The Bertz CT molecular complexity index is 560. The molecule has 1 aliphatic carbocycles. The molecule has 0 saturated carbocycles. The predicted octanol–water partition coefficient (Wildman–Crippen LogP) is 1.94. The van der Waals surface area contributed by atoms with Crippen molar-refractivity contribution < 1.29 is 8.42 Å². The molecule has 3 nitrogen and oxygen atoms in total. The van der Waals surface area contributed by atoms with E-state index in [9.17, 15) is 8.42 Å². The van der Waals surface area contributed by atoms with Crippen LogP contribution in [-0.4, -0.2) is 13.2 Å². The van der Waals surface area contributed by atoms with E-state index < -0.39 is 14.8 Å². The van der Waals surface area contributed by atoms with Crippen molar-refractivity contribution in [3.63, 3.8) is 0 Å². The summed E-state index contributed by atoms with van der Waals surface area (Å²) in [5, 5.41) is 5.36. The number of sulfonamides is 1.